The molecule has 2 fully saturated rings. The van der Waals surface area contributed by atoms with Crippen LogP contribution in [0.4, 0.5) is 0 Å². The zero-order valence-corrected chi connectivity index (χ0v) is 14.1. The van der Waals surface area contributed by atoms with E-state index >= 15 is 0 Å². The van der Waals surface area contributed by atoms with Crippen LogP contribution in [0.15, 0.2) is 0 Å². The molecule has 2 unspecified atom stereocenters. The molecule has 130 valence electrons. The highest BCUT2D eigenvalue weighted by atomic mass is 16.7. The van der Waals surface area contributed by atoms with Gasteiger partial charge in [0.25, 0.3) is 0 Å². The Morgan fingerprint density at radius 2 is 1.55 bits per heavy atom. The van der Waals surface area contributed by atoms with Crippen molar-refractivity contribution in [2.75, 3.05) is 52.8 Å². The molecule has 0 aliphatic carbocycles. The van der Waals surface area contributed by atoms with Crippen LogP contribution in [0.2, 0.25) is 0 Å². The first-order valence-corrected chi connectivity index (χ1v) is 8.52. The Hall–Kier alpha value is -0.240. The third-order valence-corrected chi connectivity index (χ3v) is 4.06. The molecule has 0 saturated carbocycles. The summed E-state index contributed by atoms with van der Waals surface area (Å²) in [6.45, 7) is 9.13. The van der Waals surface area contributed by atoms with Crippen molar-refractivity contribution < 1.29 is 23.8 Å². The van der Waals surface area contributed by atoms with Gasteiger partial charge >= 0.3 is 0 Å². The van der Waals surface area contributed by atoms with Crippen molar-refractivity contribution in [2.45, 2.75) is 51.4 Å². The zero-order valence-electron chi connectivity index (χ0n) is 14.1. The number of ether oxygens (including phenoxy) is 4. The first-order valence-electron chi connectivity index (χ1n) is 8.52. The predicted molar refractivity (Wildman–Crippen MR) is 82.5 cm³/mol. The van der Waals surface area contributed by atoms with Crippen molar-refractivity contribution in [2.24, 2.45) is 0 Å². The molecule has 0 aromatic rings. The van der Waals surface area contributed by atoms with Crippen molar-refractivity contribution in [3.63, 3.8) is 0 Å². The van der Waals surface area contributed by atoms with E-state index in [1.54, 1.807) is 0 Å². The lowest BCUT2D eigenvalue weighted by Crippen LogP contribution is -2.50. The summed E-state index contributed by atoms with van der Waals surface area (Å²) >= 11 is 0. The van der Waals surface area contributed by atoms with Gasteiger partial charge in [-0.15, -0.1) is 0 Å². The molecular weight excluding hydrogens is 286 g/mol. The second-order valence-electron chi connectivity index (χ2n) is 6.15. The number of hydroxylamine groups is 2. The van der Waals surface area contributed by atoms with Crippen LogP contribution < -0.4 is 0 Å². The van der Waals surface area contributed by atoms with Gasteiger partial charge < -0.3 is 18.9 Å². The summed E-state index contributed by atoms with van der Waals surface area (Å²) in [5.41, 5.74) is -0.393. The second-order valence-corrected chi connectivity index (χ2v) is 6.15. The van der Waals surface area contributed by atoms with Gasteiger partial charge in [0.15, 0.2) is 0 Å². The van der Waals surface area contributed by atoms with Crippen molar-refractivity contribution in [3.05, 3.63) is 0 Å². The zero-order chi connectivity index (χ0) is 15.7. The molecule has 2 saturated heterocycles. The van der Waals surface area contributed by atoms with Crippen molar-refractivity contribution >= 4 is 0 Å². The van der Waals surface area contributed by atoms with E-state index in [0.29, 0.717) is 46.2 Å². The van der Waals surface area contributed by atoms with Crippen LogP contribution in [-0.2, 0) is 23.8 Å². The average Bonchev–Trinajstić information content (AvgIpc) is 2.66. The molecular formula is C16H31NO5. The van der Waals surface area contributed by atoms with Gasteiger partial charge in [0.1, 0.15) is 5.72 Å². The van der Waals surface area contributed by atoms with Crippen LogP contribution >= 0.6 is 0 Å². The van der Waals surface area contributed by atoms with Crippen LogP contribution in [0, 0.1) is 0 Å². The van der Waals surface area contributed by atoms with E-state index in [1.165, 1.54) is 6.42 Å². The first kappa shape index (κ1) is 18.1. The molecule has 6 nitrogen and oxygen atoms in total. The van der Waals surface area contributed by atoms with Crippen molar-refractivity contribution in [1.82, 2.24) is 5.06 Å². The van der Waals surface area contributed by atoms with Crippen LogP contribution in [0.3, 0.4) is 0 Å². The Morgan fingerprint density at radius 3 is 2.32 bits per heavy atom. The number of rotatable bonds is 0. The molecule has 22 heavy (non-hydrogen) atoms. The van der Waals surface area contributed by atoms with Gasteiger partial charge in [0, 0.05) is 6.54 Å². The molecule has 2 atom stereocenters. The maximum atomic E-state index is 6.29. The fourth-order valence-corrected chi connectivity index (χ4v) is 2.93. The number of fused-ring (bicyclic) bond motifs is 1. The highest BCUT2D eigenvalue weighted by Crippen LogP contribution is 2.29. The normalized spacial score (nSPS) is 34.9. The summed E-state index contributed by atoms with van der Waals surface area (Å²) in [5, 5.41) is 2.01. The maximum Gasteiger partial charge on any atom is 0.141 e. The van der Waals surface area contributed by atoms with E-state index in [4.69, 9.17) is 23.8 Å². The summed E-state index contributed by atoms with van der Waals surface area (Å²) in [6, 6.07) is 0. The van der Waals surface area contributed by atoms with Crippen molar-refractivity contribution in [3.8, 4) is 0 Å². The molecule has 2 rings (SSSR count). The Balaban J connectivity index is 1.95. The molecule has 0 radical (unpaired) electrons. The Bertz CT molecular complexity index is 304. The van der Waals surface area contributed by atoms with Crippen LogP contribution in [-0.4, -0.2) is 69.7 Å². The molecule has 0 aromatic carbocycles. The van der Waals surface area contributed by atoms with Crippen molar-refractivity contribution in [1.29, 1.82) is 0 Å². The smallest absolute Gasteiger partial charge is 0.141 e. The van der Waals surface area contributed by atoms with E-state index < -0.39 is 5.72 Å². The van der Waals surface area contributed by atoms with E-state index in [-0.39, 0.29) is 6.10 Å². The Kier molecular flexibility index (Phi) is 8.06. The van der Waals surface area contributed by atoms with Gasteiger partial charge in [-0.1, -0.05) is 6.42 Å². The quantitative estimate of drug-likeness (QED) is 0.681. The lowest BCUT2D eigenvalue weighted by molar-refractivity contribution is -0.317. The molecule has 0 N–H and O–H groups in total. The molecule has 2 aliphatic rings. The second kappa shape index (κ2) is 9.80. The van der Waals surface area contributed by atoms with E-state index in [1.807, 2.05) is 5.06 Å². The summed E-state index contributed by atoms with van der Waals surface area (Å²) in [4.78, 5) is 5.96. The predicted octanol–water partition coefficient (Wildman–Crippen LogP) is 1.98. The summed E-state index contributed by atoms with van der Waals surface area (Å²) < 4.78 is 22.9. The Morgan fingerprint density at radius 1 is 0.864 bits per heavy atom. The highest BCUT2D eigenvalue weighted by molar-refractivity contribution is 4.77. The minimum atomic E-state index is -0.393. The summed E-state index contributed by atoms with van der Waals surface area (Å²) in [5.74, 6) is 0. The topological polar surface area (TPSA) is 49.4 Å². The first-order chi connectivity index (χ1) is 10.7. The largest absolute Gasteiger partial charge is 0.377 e. The van der Waals surface area contributed by atoms with Gasteiger partial charge in [-0.3, -0.25) is 4.84 Å². The molecule has 2 heterocycles. The number of nitrogens with zero attached hydrogens (tertiary/aromatic N) is 1. The minimum absolute atomic E-state index is 0.0237. The van der Waals surface area contributed by atoms with Gasteiger partial charge in [-0.25, -0.2) is 0 Å². The molecule has 6 heteroatoms. The van der Waals surface area contributed by atoms with Crippen LogP contribution in [0.25, 0.3) is 0 Å². The monoisotopic (exact) mass is 317 g/mol. The summed E-state index contributed by atoms with van der Waals surface area (Å²) in [7, 11) is 0. The minimum Gasteiger partial charge on any atom is -0.377 e. The maximum absolute atomic E-state index is 6.29. The van der Waals surface area contributed by atoms with E-state index in [2.05, 4.69) is 13.8 Å². The third-order valence-electron chi connectivity index (χ3n) is 4.06. The number of hydrogen-bond donors (Lipinski definition) is 0. The summed E-state index contributed by atoms with van der Waals surface area (Å²) in [6.07, 6.45) is 4.52. The number of hydrogen-bond acceptors (Lipinski definition) is 6. The molecule has 0 bridgehead atoms. The standard InChI is InChI=1S/C16H31NO5/c1-15-14-20-11-10-18-8-9-19-12-13-21-17-7-5-3-4-6-16(17,2)22-15/h15H,3-14H2,1-2H3. The molecule has 0 amide bonds. The fourth-order valence-electron chi connectivity index (χ4n) is 2.93. The van der Waals surface area contributed by atoms with Gasteiger partial charge in [0.05, 0.1) is 52.4 Å². The fraction of sp³-hybridized carbons (Fsp3) is 1.00. The molecule has 2 aliphatic heterocycles. The third kappa shape index (κ3) is 6.10. The molecule has 0 spiro atoms. The average molecular weight is 317 g/mol. The van der Waals surface area contributed by atoms with Gasteiger partial charge in [0.2, 0.25) is 0 Å². The SMILES string of the molecule is CC1COCCOCCOCCON2CCCCCC2(C)O1. The van der Waals surface area contributed by atoms with Gasteiger partial charge in [-0.05, 0) is 33.1 Å². The van der Waals surface area contributed by atoms with E-state index in [0.717, 1.165) is 25.8 Å². The van der Waals surface area contributed by atoms with Gasteiger partial charge in [-0.2, -0.15) is 5.06 Å². The van der Waals surface area contributed by atoms with E-state index in [9.17, 15) is 0 Å². The van der Waals surface area contributed by atoms with Crippen LogP contribution in [0.1, 0.15) is 39.5 Å². The Labute approximate surface area is 133 Å². The highest BCUT2D eigenvalue weighted by Gasteiger charge is 2.36. The molecule has 0 aromatic heterocycles. The lowest BCUT2D eigenvalue weighted by atomic mass is 10.1. The lowest BCUT2D eigenvalue weighted by Gasteiger charge is -2.40. The van der Waals surface area contributed by atoms with Crippen LogP contribution in [0.5, 0.6) is 0 Å².